The summed E-state index contributed by atoms with van der Waals surface area (Å²) in [6.45, 7) is 1.56. The molecule has 0 saturated carbocycles. The molecular weight excluding hydrogens is 278 g/mol. The average molecular weight is 305 g/mol. The van der Waals surface area contributed by atoms with Gasteiger partial charge in [-0.15, -0.1) is 0 Å². The first kappa shape index (κ1) is 16.8. The van der Waals surface area contributed by atoms with Crippen molar-refractivity contribution in [1.82, 2.24) is 5.32 Å². The van der Waals surface area contributed by atoms with Crippen LogP contribution in [0, 0.1) is 0 Å². The molecule has 1 aromatic carbocycles. The Morgan fingerprint density at radius 3 is 2.77 bits per heavy atom. The Kier molecular flexibility index (Phi) is 7.23. The SMILES string of the molecule is COc1ccc(CCCCNC(=O)CC2CCCCO2)cc1. The second kappa shape index (κ2) is 9.46. The highest BCUT2D eigenvalue weighted by Gasteiger charge is 2.17. The molecule has 0 aromatic heterocycles. The van der Waals surface area contributed by atoms with Crippen molar-refractivity contribution in [2.75, 3.05) is 20.3 Å². The van der Waals surface area contributed by atoms with Gasteiger partial charge < -0.3 is 14.8 Å². The minimum atomic E-state index is 0.122. The molecule has 0 spiro atoms. The van der Waals surface area contributed by atoms with Gasteiger partial charge in [0.1, 0.15) is 5.75 Å². The molecule has 1 fully saturated rings. The van der Waals surface area contributed by atoms with Gasteiger partial charge in [-0.25, -0.2) is 0 Å². The van der Waals surface area contributed by atoms with Gasteiger partial charge in [0.2, 0.25) is 5.91 Å². The van der Waals surface area contributed by atoms with Gasteiger partial charge >= 0.3 is 0 Å². The quantitative estimate of drug-likeness (QED) is 0.751. The number of aryl methyl sites for hydroxylation is 1. The lowest BCUT2D eigenvalue weighted by Crippen LogP contribution is -2.31. The number of rotatable bonds is 8. The minimum absolute atomic E-state index is 0.122. The largest absolute Gasteiger partial charge is 0.497 e. The second-order valence-electron chi connectivity index (χ2n) is 5.85. The van der Waals surface area contributed by atoms with Crippen molar-refractivity contribution in [3.63, 3.8) is 0 Å². The summed E-state index contributed by atoms with van der Waals surface area (Å²) in [7, 11) is 1.68. The fourth-order valence-corrected chi connectivity index (χ4v) is 2.72. The molecule has 22 heavy (non-hydrogen) atoms. The molecular formula is C18H27NO3. The summed E-state index contributed by atoms with van der Waals surface area (Å²) in [5.74, 6) is 1.01. The number of hydrogen-bond acceptors (Lipinski definition) is 3. The summed E-state index contributed by atoms with van der Waals surface area (Å²) in [5, 5.41) is 3.00. The topological polar surface area (TPSA) is 47.6 Å². The first-order chi connectivity index (χ1) is 10.8. The third-order valence-corrected chi connectivity index (χ3v) is 4.06. The van der Waals surface area contributed by atoms with E-state index in [0.717, 1.165) is 51.0 Å². The lowest BCUT2D eigenvalue weighted by Gasteiger charge is -2.21. The summed E-state index contributed by atoms with van der Waals surface area (Å²) >= 11 is 0. The van der Waals surface area contributed by atoms with E-state index < -0.39 is 0 Å². The van der Waals surface area contributed by atoms with E-state index in [9.17, 15) is 4.79 Å². The smallest absolute Gasteiger partial charge is 0.222 e. The van der Waals surface area contributed by atoms with Crippen LogP contribution in [0.15, 0.2) is 24.3 Å². The summed E-state index contributed by atoms with van der Waals surface area (Å²) in [5.41, 5.74) is 1.31. The van der Waals surface area contributed by atoms with Crippen molar-refractivity contribution in [3.05, 3.63) is 29.8 Å². The zero-order chi connectivity index (χ0) is 15.6. The first-order valence-electron chi connectivity index (χ1n) is 8.29. The highest BCUT2D eigenvalue weighted by Crippen LogP contribution is 2.15. The predicted molar refractivity (Wildman–Crippen MR) is 87.1 cm³/mol. The zero-order valence-corrected chi connectivity index (χ0v) is 13.5. The highest BCUT2D eigenvalue weighted by atomic mass is 16.5. The van der Waals surface area contributed by atoms with Crippen molar-refractivity contribution in [3.8, 4) is 5.75 Å². The molecule has 1 heterocycles. The Balaban J connectivity index is 1.53. The van der Waals surface area contributed by atoms with Gasteiger partial charge in [0.15, 0.2) is 0 Å². The maximum Gasteiger partial charge on any atom is 0.222 e. The molecule has 1 aliphatic heterocycles. The van der Waals surface area contributed by atoms with Crippen LogP contribution in [-0.2, 0) is 16.0 Å². The fraction of sp³-hybridized carbons (Fsp3) is 0.611. The van der Waals surface area contributed by atoms with Crippen molar-refractivity contribution in [2.45, 2.75) is 51.0 Å². The van der Waals surface area contributed by atoms with Crippen LogP contribution in [0.2, 0.25) is 0 Å². The van der Waals surface area contributed by atoms with Crippen molar-refractivity contribution < 1.29 is 14.3 Å². The maximum atomic E-state index is 11.8. The van der Waals surface area contributed by atoms with Crippen LogP contribution in [0.4, 0.5) is 0 Å². The Labute approximate surface area is 133 Å². The lowest BCUT2D eigenvalue weighted by molar-refractivity contribution is -0.124. The molecule has 1 amide bonds. The molecule has 2 rings (SSSR count). The van der Waals surface area contributed by atoms with Crippen LogP contribution in [0.3, 0.4) is 0 Å². The van der Waals surface area contributed by atoms with Gasteiger partial charge in [-0.05, 0) is 56.2 Å². The third-order valence-electron chi connectivity index (χ3n) is 4.06. The van der Waals surface area contributed by atoms with Crippen LogP contribution in [0.25, 0.3) is 0 Å². The van der Waals surface area contributed by atoms with Crippen LogP contribution in [0.5, 0.6) is 5.75 Å². The van der Waals surface area contributed by atoms with E-state index in [2.05, 4.69) is 17.4 Å². The molecule has 122 valence electrons. The Bertz CT molecular complexity index is 438. The van der Waals surface area contributed by atoms with Crippen LogP contribution >= 0.6 is 0 Å². The monoisotopic (exact) mass is 305 g/mol. The molecule has 0 aliphatic carbocycles. The van der Waals surface area contributed by atoms with Gasteiger partial charge in [-0.3, -0.25) is 4.79 Å². The number of methoxy groups -OCH3 is 1. The molecule has 4 heteroatoms. The number of unbranched alkanes of at least 4 members (excludes halogenated alkanes) is 1. The molecule has 1 atom stereocenters. The molecule has 1 saturated heterocycles. The van der Waals surface area contributed by atoms with E-state index >= 15 is 0 Å². The molecule has 1 aliphatic rings. The number of carbonyl (C=O) groups is 1. The lowest BCUT2D eigenvalue weighted by atomic mass is 10.1. The number of amides is 1. The van der Waals surface area contributed by atoms with Crippen LogP contribution in [0.1, 0.15) is 44.1 Å². The van der Waals surface area contributed by atoms with Crippen LogP contribution < -0.4 is 10.1 Å². The standard InChI is InChI=1S/C18H27NO3/c1-21-16-10-8-15(9-11-16)6-2-4-12-19-18(20)14-17-7-3-5-13-22-17/h8-11,17H,2-7,12-14H2,1H3,(H,19,20). The van der Waals surface area contributed by atoms with Crippen molar-refractivity contribution in [2.24, 2.45) is 0 Å². The molecule has 1 N–H and O–H groups in total. The molecule has 1 aromatic rings. The number of hydrogen-bond donors (Lipinski definition) is 1. The van der Waals surface area contributed by atoms with E-state index in [1.807, 2.05) is 12.1 Å². The third kappa shape index (κ3) is 6.06. The normalized spacial score (nSPS) is 18.0. The molecule has 4 nitrogen and oxygen atoms in total. The molecule has 0 bridgehead atoms. The Morgan fingerprint density at radius 2 is 2.09 bits per heavy atom. The average Bonchev–Trinajstić information content (AvgIpc) is 2.56. The summed E-state index contributed by atoms with van der Waals surface area (Å²) in [6, 6.07) is 8.16. The van der Waals surface area contributed by atoms with E-state index in [0.29, 0.717) is 6.42 Å². The maximum absolute atomic E-state index is 11.8. The zero-order valence-electron chi connectivity index (χ0n) is 13.5. The minimum Gasteiger partial charge on any atom is -0.497 e. The van der Waals surface area contributed by atoms with Crippen molar-refractivity contribution in [1.29, 1.82) is 0 Å². The highest BCUT2D eigenvalue weighted by molar-refractivity contribution is 5.76. The number of carbonyl (C=O) groups excluding carboxylic acids is 1. The summed E-state index contributed by atoms with van der Waals surface area (Å²) in [6.07, 6.45) is 7.08. The van der Waals surface area contributed by atoms with Crippen molar-refractivity contribution >= 4 is 5.91 Å². The predicted octanol–water partition coefficient (Wildman–Crippen LogP) is 3.09. The van der Waals surface area contributed by atoms with E-state index in [1.165, 1.54) is 12.0 Å². The van der Waals surface area contributed by atoms with Gasteiger partial charge in [0.05, 0.1) is 19.6 Å². The Morgan fingerprint density at radius 1 is 1.27 bits per heavy atom. The van der Waals surface area contributed by atoms with E-state index in [4.69, 9.17) is 9.47 Å². The molecule has 0 radical (unpaired) electrons. The fourth-order valence-electron chi connectivity index (χ4n) is 2.72. The van der Waals surface area contributed by atoms with Gasteiger partial charge in [0, 0.05) is 13.2 Å². The number of benzene rings is 1. The Hall–Kier alpha value is -1.55. The van der Waals surface area contributed by atoms with Gasteiger partial charge in [0.25, 0.3) is 0 Å². The second-order valence-corrected chi connectivity index (χ2v) is 5.85. The van der Waals surface area contributed by atoms with Gasteiger partial charge in [-0.2, -0.15) is 0 Å². The summed E-state index contributed by atoms with van der Waals surface area (Å²) < 4.78 is 10.7. The van der Waals surface area contributed by atoms with Gasteiger partial charge in [-0.1, -0.05) is 12.1 Å². The molecule has 1 unspecified atom stereocenters. The van der Waals surface area contributed by atoms with E-state index in [1.54, 1.807) is 7.11 Å². The van der Waals surface area contributed by atoms with E-state index in [-0.39, 0.29) is 12.0 Å². The number of ether oxygens (including phenoxy) is 2. The number of nitrogens with one attached hydrogen (secondary N) is 1. The first-order valence-corrected chi connectivity index (χ1v) is 8.29. The summed E-state index contributed by atoms with van der Waals surface area (Å²) in [4.78, 5) is 11.8. The van der Waals surface area contributed by atoms with Crippen LogP contribution in [-0.4, -0.2) is 32.3 Å².